The van der Waals surface area contributed by atoms with Crippen LogP contribution in [0.15, 0.2) is 66.7 Å². The van der Waals surface area contributed by atoms with Crippen LogP contribution >= 0.6 is 0 Å². The quantitative estimate of drug-likeness (QED) is 0.194. The molecule has 0 spiro atoms. The Labute approximate surface area is 243 Å². The van der Waals surface area contributed by atoms with Crippen molar-refractivity contribution in [3.05, 3.63) is 118 Å². The Morgan fingerprint density at radius 1 is 1.05 bits per heavy atom. The first-order chi connectivity index (χ1) is 20.8. The van der Waals surface area contributed by atoms with Crippen LogP contribution in [0.5, 0.6) is 5.88 Å². The Balaban J connectivity index is 1.25. The molecular weight excluding hydrogens is 561 g/mol. The fourth-order valence-corrected chi connectivity index (χ4v) is 4.91. The van der Waals surface area contributed by atoms with Crippen molar-refractivity contribution in [1.82, 2.24) is 14.5 Å². The fraction of sp³-hybridized carbons (Fsp3) is 0.188. The highest BCUT2D eigenvalue weighted by molar-refractivity contribution is 5.93. The Morgan fingerprint density at radius 3 is 2.53 bits per heavy atom. The zero-order valence-corrected chi connectivity index (χ0v) is 22.6. The molecule has 43 heavy (non-hydrogen) atoms. The molecule has 1 aliphatic rings. The van der Waals surface area contributed by atoms with Gasteiger partial charge in [-0.3, -0.25) is 0 Å². The van der Waals surface area contributed by atoms with Gasteiger partial charge in [-0.2, -0.15) is 0 Å². The van der Waals surface area contributed by atoms with E-state index in [4.69, 9.17) is 16.0 Å². The zero-order chi connectivity index (χ0) is 30.1. The number of imidazole rings is 1. The first-order valence-corrected chi connectivity index (χ1v) is 13.4. The summed E-state index contributed by atoms with van der Waals surface area (Å²) in [6.45, 7) is 7.72. The molecule has 3 aromatic carbocycles. The van der Waals surface area contributed by atoms with E-state index in [0.717, 1.165) is 12.5 Å². The number of rotatable bonds is 9. The smallest absolute Gasteiger partial charge is 0.338 e. The van der Waals surface area contributed by atoms with E-state index in [-0.39, 0.29) is 53.8 Å². The summed E-state index contributed by atoms with van der Waals surface area (Å²) in [6.07, 6.45) is 0.622. The first kappa shape index (κ1) is 27.9. The topological polar surface area (TPSA) is 90.8 Å². The van der Waals surface area contributed by atoms with Crippen LogP contribution in [-0.2, 0) is 24.3 Å². The van der Waals surface area contributed by atoms with Crippen molar-refractivity contribution in [2.45, 2.75) is 32.1 Å². The summed E-state index contributed by atoms with van der Waals surface area (Å²) < 4.78 is 57.7. The number of ether oxygens (including phenoxy) is 2. The number of carboxylic acids is 1. The van der Waals surface area contributed by atoms with Gasteiger partial charge in [-0.1, -0.05) is 30.3 Å². The van der Waals surface area contributed by atoms with Gasteiger partial charge < -0.3 is 19.1 Å². The molecule has 1 aliphatic heterocycles. The molecule has 1 saturated heterocycles. The van der Waals surface area contributed by atoms with E-state index in [1.165, 1.54) is 30.3 Å². The lowest BCUT2D eigenvalue weighted by molar-refractivity contribution is -0.0590. The molecular formula is C32H23F3N4O4. The number of fused-ring (bicyclic) bond motifs is 1. The third-order valence-corrected chi connectivity index (χ3v) is 7.30. The van der Waals surface area contributed by atoms with Gasteiger partial charge in [0.2, 0.25) is 5.88 Å². The van der Waals surface area contributed by atoms with Gasteiger partial charge in [-0.25, -0.2) is 32.8 Å². The molecule has 1 atom stereocenters. The number of carbonyl (C=O) groups is 1. The first-order valence-electron chi connectivity index (χ1n) is 13.4. The lowest BCUT2D eigenvalue weighted by Crippen LogP contribution is -2.32. The summed E-state index contributed by atoms with van der Waals surface area (Å²) in [5, 5.41) is 9.40. The van der Waals surface area contributed by atoms with E-state index < -0.39 is 29.0 Å². The molecule has 2 aromatic heterocycles. The van der Waals surface area contributed by atoms with Crippen LogP contribution in [0.2, 0.25) is 0 Å². The van der Waals surface area contributed by atoms with Crippen LogP contribution in [0, 0.1) is 24.0 Å². The van der Waals surface area contributed by atoms with Gasteiger partial charge in [0.1, 0.15) is 29.6 Å². The second kappa shape index (κ2) is 11.6. The highest BCUT2D eigenvalue weighted by Gasteiger charge is 2.26. The maximum atomic E-state index is 15.4. The molecule has 1 N–H and O–H groups in total. The molecule has 0 amide bonds. The van der Waals surface area contributed by atoms with Crippen LogP contribution in [0.4, 0.5) is 18.9 Å². The molecule has 216 valence electrons. The molecule has 0 aliphatic carbocycles. The molecule has 11 heteroatoms. The van der Waals surface area contributed by atoms with E-state index in [9.17, 15) is 14.3 Å². The third-order valence-electron chi connectivity index (χ3n) is 7.30. The summed E-state index contributed by atoms with van der Waals surface area (Å²) in [5.41, 5.74) is 1.53. The zero-order valence-electron chi connectivity index (χ0n) is 22.6. The van der Waals surface area contributed by atoms with E-state index in [1.807, 2.05) is 0 Å². The highest BCUT2D eigenvalue weighted by Crippen LogP contribution is 2.29. The summed E-state index contributed by atoms with van der Waals surface area (Å²) in [4.78, 5) is 23.7. The molecule has 8 nitrogen and oxygen atoms in total. The molecule has 1 fully saturated rings. The fourth-order valence-electron chi connectivity index (χ4n) is 4.91. The maximum Gasteiger partial charge on any atom is 0.338 e. The molecule has 3 heterocycles. The van der Waals surface area contributed by atoms with Crippen molar-refractivity contribution in [1.29, 1.82) is 0 Å². The van der Waals surface area contributed by atoms with E-state index in [1.54, 1.807) is 34.9 Å². The minimum atomic E-state index is -1.39. The van der Waals surface area contributed by atoms with E-state index in [2.05, 4.69) is 14.8 Å². The minimum absolute atomic E-state index is 0.0315. The van der Waals surface area contributed by atoms with Crippen LogP contribution in [0.1, 0.15) is 33.7 Å². The molecule has 0 radical (unpaired) electrons. The average molecular weight is 585 g/mol. The second-order valence-electron chi connectivity index (χ2n) is 10.0. The van der Waals surface area contributed by atoms with Crippen molar-refractivity contribution in [3.8, 4) is 17.1 Å². The van der Waals surface area contributed by atoms with Crippen molar-refractivity contribution in [2.75, 3.05) is 6.61 Å². The van der Waals surface area contributed by atoms with Gasteiger partial charge in [0.25, 0.3) is 0 Å². The predicted molar refractivity (Wildman–Crippen MR) is 150 cm³/mol. The third kappa shape index (κ3) is 5.65. The summed E-state index contributed by atoms with van der Waals surface area (Å²) in [6, 6.07) is 16.3. The largest absolute Gasteiger partial charge is 0.478 e. The van der Waals surface area contributed by atoms with Crippen molar-refractivity contribution in [2.24, 2.45) is 0 Å². The minimum Gasteiger partial charge on any atom is -0.478 e. The lowest BCUT2D eigenvalue weighted by Gasteiger charge is -2.27. The average Bonchev–Trinajstić information content (AvgIpc) is 3.32. The van der Waals surface area contributed by atoms with Gasteiger partial charge in [-0.05, 0) is 42.3 Å². The number of aromatic carboxylic acids is 1. The van der Waals surface area contributed by atoms with Gasteiger partial charge in [0.05, 0.1) is 36.0 Å². The van der Waals surface area contributed by atoms with Crippen LogP contribution < -0.4 is 4.74 Å². The molecule has 0 saturated carbocycles. The number of hydrogen-bond donors (Lipinski definition) is 1. The second-order valence-corrected chi connectivity index (χ2v) is 10.0. The number of benzene rings is 3. The lowest BCUT2D eigenvalue weighted by atomic mass is 10.1. The van der Waals surface area contributed by atoms with Crippen LogP contribution in [-0.4, -0.2) is 38.3 Å². The van der Waals surface area contributed by atoms with E-state index in [0.29, 0.717) is 29.3 Å². The normalized spacial score (nSPS) is 14.3. The number of carboxylic acid groups (broad SMARTS) is 1. The summed E-state index contributed by atoms with van der Waals surface area (Å²) in [5.74, 6) is -2.77. The Kier molecular flexibility index (Phi) is 7.52. The predicted octanol–water partition coefficient (Wildman–Crippen LogP) is 6.72. The Hall–Kier alpha value is -5.21. The SMILES string of the molecule is [C-]#[N+]c1ccc(COc2cccc(-c3ccc(Cc4nc5ccc(C(=O)O)c(F)c5n4C[C@@H]4CCO4)c(F)c3)n2)c(F)c1. The monoisotopic (exact) mass is 584 g/mol. The molecule has 5 aromatic rings. The highest BCUT2D eigenvalue weighted by atomic mass is 19.1. The molecule has 6 rings (SSSR count). The van der Waals surface area contributed by atoms with Gasteiger partial charge in [0.15, 0.2) is 11.5 Å². The van der Waals surface area contributed by atoms with Gasteiger partial charge >= 0.3 is 5.97 Å². The standard InChI is InChI=1S/C32H23F3N4O4/c1-36-21-8-7-20(25(34)15-21)17-43-29-4-2-3-26(38-29)19-6-5-18(24(33)13-19)14-28-37-27-10-9-23(32(40)41)30(35)31(27)39(28)16-22-11-12-42-22/h2-10,13,15,22H,11-12,14,16-17H2,(H,40,41)/t22-/m0/s1. The van der Waals surface area contributed by atoms with Gasteiger partial charge in [-0.15, -0.1) is 0 Å². The number of aromatic nitrogens is 3. The number of hydrogen-bond acceptors (Lipinski definition) is 5. The maximum absolute atomic E-state index is 15.4. The molecule has 0 bridgehead atoms. The van der Waals surface area contributed by atoms with Crippen molar-refractivity contribution >= 4 is 22.7 Å². The Bertz CT molecular complexity index is 1910. The Morgan fingerprint density at radius 2 is 1.84 bits per heavy atom. The molecule has 0 unspecified atom stereocenters. The van der Waals surface area contributed by atoms with Crippen molar-refractivity contribution in [3.63, 3.8) is 0 Å². The summed E-state index contributed by atoms with van der Waals surface area (Å²) in [7, 11) is 0. The van der Waals surface area contributed by atoms with Gasteiger partial charge in [0, 0.05) is 30.2 Å². The van der Waals surface area contributed by atoms with Crippen LogP contribution in [0.3, 0.4) is 0 Å². The number of nitrogens with zero attached hydrogens (tertiary/aromatic N) is 4. The van der Waals surface area contributed by atoms with E-state index >= 15 is 8.78 Å². The van der Waals surface area contributed by atoms with Crippen molar-refractivity contribution < 1.29 is 32.5 Å². The number of halogens is 3. The van der Waals surface area contributed by atoms with Crippen LogP contribution in [0.25, 0.3) is 27.1 Å². The number of pyridine rings is 1. The summed E-state index contributed by atoms with van der Waals surface area (Å²) >= 11 is 0.